The number of carbonyl (C=O) groups excluding carboxylic acids is 1. The van der Waals surface area contributed by atoms with E-state index in [0.29, 0.717) is 11.3 Å². The molecule has 29 heavy (non-hydrogen) atoms. The van der Waals surface area contributed by atoms with Crippen LogP contribution in [-0.4, -0.2) is 52.7 Å². The van der Waals surface area contributed by atoms with E-state index in [0.717, 1.165) is 62.7 Å². The standard InChI is InChI=1S/C23H33N3O2S/c27-21(26-12-14-29-23(26)9-2-1-3-10-23)18-5-11-24-20(15-18)25-16-19-6-13-28-17-22(19)7-4-8-22/h5,11,15,19H,1-4,6-10,12-14,16-17H2,(H,24,25). The summed E-state index contributed by atoms with van der Waals surface area (Å²) in [7, 11) is 0. The number of aromatic nitrogens is 1. The fourth-order valence-electron chi connectivity index (χ4n) is 5.88. The van der Waals surface area contributed by atoms with Gasteiger partial charge in [0.25, 0.3) is 5.91 Å². The van der Waals surface area contributed by atoms with Crippen molar-refractivity contribution in [2.45, 2.75) is 62.7 Å². The van der Waals surface area contributed by atoms with Gasteiger partial charge in [-0.05, 0) is 55.6 Å². The van der Waals surface area contributed by atoms with Crippen LogP contribution in [0.4, 0.5) is 5.82 Å². The highest BCUT2D eigenvalue weighted by Crippen LogP contribution is 2.50. The predicted molar refractivity (Wildman–Crippen MR) is 117 cm³/mol. The monoisotopic (exact) mass is 415 g/mol. The third-order valence-corrected chi connectivity index (χ3v) is 9.36. The predicted octanol–water partition coefficient (Wildman–Crippen LogP) is 4.55. The summed E-state index contributed by atoms with van der Waals surface area (Å²) in [5.41, 5.74) is 1.17. The van der Waals surface area contributed by atoms with E-state index in [1.165, 1.54) is 38.5 Å². The van der Waals surface area contributed by atoms with Gasteiger partial charge in [-0.3, -0.25) is 4.79 Å². The molecule has 2 spiro atoms. The Morgan fingerprint density at radius 1 is 1.24 bits per heavy atom. The van der Waals surface area contributed by atoms with Gasteiger partial charge in [-0.1, -0.05) is 25.7 Å². The van der Waals surface area contributed by atoms with E-state index in [1.807, 2.05) is 23.9 Å². The van der Waals surface area contributed by atoms with Gasteiger partial charge in [-0.2, -0.15) is 0 Å². The van der Waals surface area contributed by atoms with Crippen molar-refractivity contribution in [3.8, 4) is 0 Å². The lowest BCUT2D eigenvalue weighted by atomic mass is 9.60. The van der Waals surface area contributed by atoms with Gasteiger partial charge < -0.3 is 15.0 Å². The molecule has 158 valence electrons. The van der Waals surface area contributed by atoms with Crippen LogP contribution in [0.5, 0.6) is 0 Å². The number of nitrogens with one attached hydrogen (secondary N) is 1. The lowest BCUT2D eigenvalue weighted by molar-refractivity contribution is -0.0925. The number of ether oxygens (including phenoxy) is 1. The summed E-state index contributed by atoms with van der Waals surface area (Å²) in [6, 6.07) is 3.85. The molecule has 1 atom stereocenters. The molecule has 0 aromatic carbocycles. The molecule has 1 N–H and O–H groups in total. The second-order valence-electron chi connectivity index (χ2n) is 9.38. The van der Waals surface area contributed by atoms with Gasteiger partial charge >= 0.3 is 0 Å². The molecule has 0 radical (unpaired) electrons. The average Bonchev–Trinajstić information content (AvgIpc) is 3.14. The molecule has 4 fully saturated rings. The lowest BCUT2D eigenvalue weighted by Crippen LogP contribution is -2.48. The first-order valence-electron chi connectivity index (χ1n) is 11.4. The first kappa shape index (κ1) is 19.7. The number of pyridine rings is 1. The first-order valence-corrected chi connectivity index (χ1v) is 12.4. The maximum absolute atomic E-state index is 13.4. The summed E-state index contributed by atoms with van der Waals surface area (Å²) >= 11 is 2.00. The zero-order valence-corrected chi connectivity index (χ0v) is 18.1. The molecule has 2 aliphatic heterocycles. The number of carbonyl (C=O) groups is 1. The molecule has 1 unspecified atom stereocenters. The largest absolute Gasteiger partial charge is 0.381 e. The first-order chi connectivity index (χ1) is 14.2. The van der Waals surface area contributed by atoms with E-state index >= 15 is 0 Å². The maximum Gasteiger partial charge on any atom is 0.255 e. The van der Waals surface area contributed by atoms with Gasteiger partial charge in [0.15, 0.2) is 0 Å². The van der Waals surface area contributed by atoms with Crippen LogP contribution in [0.3, 0.4) is 0 Å². The van der Waals surface area contributed by atoms with Crippen LogP contribution in [0.1, 0.15) is 68.1 Å². The van der Waals surface area contributed by atoms with E-state index in [9.17, 15) is 4.79 Å². The average molecular weight is 416 g/mol. The highest BCUT2D eigenvalue weighted by molar-refractivity contribution is 8.00. The molecule has 5 nitrogen and oxygen atoms in total. The molecule has 3 heterocycles. The minimum Gasteiger partial charge on any atom is -0.381 e. The number of nitrogens with zero attached hydrogens (tertiary/aromatic N) is 2. The van der Waals surface area contributed by atoms with E-state index < -0.39 is 0 Å². The van der Waals surface area contributed by atoms with E-state index in [4.69, 9.17) is 4.74 Å². The highest BCUT2D eigenvalue weighted by atomic mass is 32.2. The number of hydrogen-bond donors (Lipinski definition) is 1. The van der Waals surface area contributed by atoms with Crippen molar-refractivity contribution in [3.05, 3.63) is 23.9 Å². The van der Waals surface area contributed by atoms with E-state index in [1.54, 1.807) is 6.20 Å². The van der Waals surface area contributed by atoms with Crippen molar-refractivity contribution < 1.29 is 9.53 Å². The van der Waals surface area contributed by atoms with Crippen LogP contribution >= 0.6 is 11.8 Å². The molecule has 4 aliphatic rings. The molecule has 0 bridgehead atoms. The topological polar surface area (TPSA) is 54.5 Å². The normalized spacial score (nSPS) is 27.7. The SMILES string of the molecule is O=C(c1ccnc(NCC2CCOCC23CCC3)c1)N1CCSC12CCCCC2. The van der Waals surface area contributed by atoms with Crippen LogP contribution in [-0.2, 0) is 4.74 Å². The Morgan fingerprint density at radius 2 is 2.10 bits per heavy atom. The summed E-state index contributed by atoms with van der Waals surface area (Å²) in [5, 5.41) is 3.55. The Hall–Kier alpha value is -1.27. The summed E-state index contributed by atoms with van der Waals surface area (Å²) in [6.07, 6.45) is 12.9. The van der Waals surface area contributed by atoms with Crippen molar-refractivity contribution in [1.82, 2.24) is 9.88 Å². The molecule has 1 aromatic rings. The fraction of sp³-hybridized carbons (Fsp3) is 0.739. The summed E-state index contributed by atoms with van der Waals surface area (Å²) in [6.45, 7) is 3.59. The number of amides is 1. The Kier molecular flexibility index (Phi) is 5.50. The van der Waals surface area contributed by atoms with Gasteiger partial charge in [-0.15, -0.1) is 11.8 Å². The molecule has 1 aromatic heterocycles. The summed E-state index contributed by atoms with van der Waals surface area (Å²) < 4.78 is 5.78. The summed E-state index contributed by atoms with van der Waals surface area (Å²) in [5.74, 6) is 2.73. The highest BCUT2D eigenvalue weighted by Gasteiger charge is 2.46. The molecule has 6 heteroatoms. The van der Waals surface area contributed by atoms with Crippen molar-refractivity contribution in [2.24, 2.45) is 11.3 Å². The second-order valence-corrected chi connectivity index (χ2v) is 10.8. The minimum atomic E-state index is 0.0465. The van der Waals surface area contributed by atoms with Crippen LogP contribution in [0.2, 0.25) is 0 Å². The van der Waals surface area contributed by atoms with Crippen LogP contribution in [0, 0.1) is 11.3 Å². The fourth-order valence-corrected chi connectivity index (χ4v) is 7.45. The van der Waals surface area contributed by atoms with Crippen molar-refractivity contribution in [3.63, 3.8) is 0 Å². The van der Waals surface area contributed by atoms with Crippen LogP contribution in [0.15, 0.2) is 18.3 Å². The Balaban J connectivity index is 1.26. The Bertz CT molecular complexity index is 745. The van der Waals surface area contributed by atoms with Crippen molar-refractivity contribution in [2.75, 3.05) is 37.4 Å². The molecule has 2 saturated heterocycles. The third-order valence-electron chi connectivity index (χ3n) is 7.81. The molecular weight excluding hydrogens is 382 g/mol. The van der Waals surface area contributed by atoms with E-state index in [2.05, 4.69) is 15.2 Å². The summed E-state index contributed by atoms with van der Waals surface area (Å²) in [4.78, 5) is 20.1. The smallest absolute Gasteiger partial charge is 0.255 e. The zero-order chi connectivity index (χ0) is 19.7. The van der Waals surface area contributed by atoms with Crippen molar-refractivity contribution >= 4 is 23.5 Å². The molecule has 1 amide bonds. The quantitative estimate of drug-likeness (QED) is 0.782. The van der Waals surface area contributed by atoms with Gasteiger partial charge in [0, 0.05) is 37.2 Å². The van der Waals surface area contributed by atoms with Gasteiger partial charge in [0.1, 0.15) is 5.82 Å². The second kappa shape index (κ2) is 8.10. The van der Waals surface area contributed by atoms with Gasteiger partial charge in [0.05, 0.1) is 11.5 Å². The number of anilines is 1. The molecule has 2 saturated carbocycles. The Morgan fingerprint density at radius 3 is 2.90 bits per heavy atom. The zero-order valence-electron chi connectivity index (χ0n) is 17.3. The lowest BCUT2D eigenvalue weighted by Gasteiger charge is -2.50. The van der Waals surface area contributed by atoms with Crippen molar-refractivity contribution in [1.29, 1.82) is 0 Å². The Labute approximate surface area is 178 Å². The van der Waals surface area contributed by atoms with Gasteiger partial charge in [-0.25, -0.2) is 4.98 Å². The number of rotatable bonds is 4. The van der Waals surface area contributed by atoms with E-state index in [-0.39, 0.29) is 10.8 Å². The maximum atomic E-state index is 13.4. The van der Waals surface area contributed by atoms with Crippen LogP contribution < -0.4 is 5.32 Å². The van der Waals surface area contributed by atoms with Gasteiger partial charge in [0.2, 0.25) is 0 Å². The third kappa shape index (κ3) is 3.67. The minimum absolute atomic E-state index is 0.0465. The number of hydrogen-bond acceptors (Lipinski definition) is 5. The molecular formula is C23H33N3O2S. The number of thioether (sulfide) groups is 1. The molecule has 5 rings (SSSR count). The molecule has 2 aliphatic carbocycles. The van der Waals surface area contributed by atoms with Crippen LogP contribution in [0.25, 0.3) is 0 Å².